The summed E-state index contributed by atoms with van der Waals surface area (Å²) in [6.45, 7) is 11.7. The summed E-state index contributed by atoms with van der Waals surface area (Å²) < 4.78 is 0. The Balaban J connectivity index is 2.07. The molecule has 2 rings (SSSR count). The first-order valence-electron chi connectivity index (χ1n) is 8.41. The summed E-state index contributed by atoms with van der Waals surface area (Å²) in [7, 11) is 0. The van der Waals surface area contributed by atoms with Gasteiger partial charge in [-0.25, -0.2) is 0 Å². The molecular weight excluding hydrogens is 286 g/mol. The monoisotopic (exact) mass is 315 g/mol. The third kappa shape index (κ3) is 4.21. The van der Waals surface area contributed by atoms with Crippen molar-refractivity contribution in [3.05, 3.63) is 35.9 Å². The van der Waals surface area contributed by atoms with Crippen molar-refractivity contribution in [1.29, 1.82) is 0 Å². The normalized spacial score (nSPS) is 22.3. The summed E-state index contributed by atoms with van der Waals surface area (Å²) in [5, 5.41) is 3.04. The molecule has 0 aromatic heterocycles. The van der Waals surface area contributed by atoms with Gasteiger partial charge in [0.1, 0.15) is 0 Å². The van der Waals surface area contributed by atoms with Crippen molar-refractivity contribution in [2.24, 2.45) is 16.7 Å². The van der Waals surface area contributed by atoms with E-state index in [2.05, 4.69) is 17.4 Å². The van der Waals surface area contributed by atoms with Crippen molar-refractivity contribution in [2.45, 2.75) is 59.9 Å². The van der Waals surface area contributed by atoms with Gasteiger partial charge in [-0.2, -0.15) is 0 Å². The Hall–Kier alpha value is -1.64. The second-order valence-corrected chi connectivity index (χ2v) is 8.78. The van der Waals surface area contributed by atoms with E-state index in [4.69, 9.17) is 0 Å². The van der Waals surface area contributed by atoms with E-state index in [1.807, 2.05) is 59.7 Å². The fourth-order valence-corrected chi connectivity index (χ4v) is 2.91. The minimum atomic E-state index is -0.465. The maximum Gasteiger partial charge on any atom is 0.224 e. The Morgan fingerprint density at radius 2 is 1.61 bits per heavy atom. The third-order valence-corrected chi connectivity index (χ3v) is 4.51. The van der Waals surface area contributed by atoms with Crippen LogP contribution in [0.5, 0.6) is 0 Å². The Kier molecular flexibility index (Phi) is 4.70. The number of carbonyl (C=O) groups excluding carboxylic acids is 2. The summed E-state index contributed by atoms with van der Waals surface area (Å²) >= 11 is 0. The largest absolute Gasteiger partial charge is 0.345 e. The van der Waals surface area contributed by atoms with E-state index in [9.17, 15) is 9.59 Å². The molecule has 0 radical (unpaired) electrons. The number of carbonyl (C=O) groups is 2. The van der Waals surface area contributed by atoms with Crippen molar-refractivity contribution in [3.8, 4) is 0 Å². The van der Waals surface area contributed by atoms with Gasteiger partial charge < -0.3 is 5.32 Å². The van der Waals surface area contributed by atoms with Crippen molar-refractivity contribution >= 4 is 11.7 Å². The molecule has 3 heteroatoms. The van der Waals surface area contributed by atoms with Gasteiger partial charge in [0.15, 0.2) is 5.78 Å². The molecule has 0 aliphatic heterocycles. The number of hydrogen-bond acceptors (Lipinski definition) is 2. The van der Waals surface area contributed by atoms with Crippen molar-refractivity contribution in [1.82, 2.24) is 5.32 Å². The van der Waals surface area contributed by atoms with Crippen LogP contribution in [-0.4, -0.2) is 17.7 Å². The lowest BCUT2D eigenvalue weighted by atomic mass is 9.75. The molecule has 3 nitrogen and oxygen atoms in total. The Morgan fingerprint density at radius 1 is 1.04 bits per heavy atom. The zero-order valence-electron chi connectivity index (χ0n) is 15.1. The molecule has 1 aliphatic rings. The van der Waals surface area contributed by atoms with Gasteiger partial charge >= 0.3 is 0 Å². The lowest BCUT2D eigenvalue weighted by Crippen LogP contribution is -2.53. The van der Waals surface area contributed by atoms with Crippen LogP contribution in [0.1, 0.15) is 59.4 Å². The number of rotatable bonds is 4. The Morgan fingerprint density at radius 3 is 2.09 bits per heavy atom. The molecule has 1 N–H and O–H groups in total. The predicted octanol–water partition coefficient (Wildman–Crippen LogP) is 3.94. The number of amides is 1. The fraction of sp³-hybridized carbons (Fsp3) is 0.600. The third-order valence-electron chi connectivity index (χ3n) is 4.51. The quantitative estimate of drug-likeness (QED) is 0.915. The van der Waals surface area contributed by atoms with Gasteiger partial charge in [-0.3, -0.25) is 9.59 Å². The molecule has 1 fully saturated rings. The molecule has 0 bridgehead atoms. The molecule has 3 atom stereocenters. The molecule has 1 amide bonds. The van der Waals surface area contributed by atoms with E-state index in [-0.39, 0.29) is 23.0 Å². The standard InChI is InChI=1S/C20H29NO2/c1-19(2,3)16(17(22)20(4,5)6)21-18(23)15-12-14(15)13-10-8-7-9-11-13/h7-11,14-16H,12H2,1-6H3,(H,21,23)/t14?,15?,16-/m1/s1. The topological polar surface area (TPSA) is 46.2 Å². The molecule has 0 spiro atoms. The Bertz CT molecular complexity index is 578. The van der Waals surface area contributed by atoms with E-state index in [0.717, 1.165) is 6.42 Å². The molecule has 126 valence electrons. The highest BCUT2D eigenvalue weighted by Crippen LogP contribution is 2.47. The zero-order chi connectivity index (χ0) is 17.4. The maximum atomic E-state index is 12.7. The predicted molar refractivity (Wildman–Crippen MR) is 93.1 cm³/mol. The van der Waals surface area contributed by atoms with Crippen LogP contribution in [0.4, 0.5) is 0 Å². The average Bonchev–Trinajstić information content (AvgIpc) is 3.23. The molecule has 23 heavy (non-hydrogen) atoms. The minimum absolute atomic E-state index is 0.00461. The van der Waals surface area contributed by atoms with E-state index >= 15 is 0 Å². The minimum Gasteiger partial charge on any atom is -0.345 e. The summed E-state index contributed by atoms with van der Waals surface area (Å²) in [4.78, 5) is 25.3. The number of nitrogens with one attached hydrogen (secondary N) is 1. The molecule has 1 aromatic carbocycles. The Labute approximate surface area is 139 Å². The molecule has 2 unspecified atom stereocenters. The summed E-state index contributed by atoms with van der Waals surface area (Å²) in [5.41, 5.74) is 0.451. The molecule has 0 heterocycles. The number of Topliss-reactive ketones (excluding diaryl/α,β-unsaturated/α-hetero) is 1. The van der Waals surface area contributed by atoms with Crippen molar-refractivity contribution in [2.75, 3.05) is 0 Å². The van der Waals surface area contributed by atoms with Gasteiger partial charge in [-0.05, 0) is 23.3 Å². The maximum absolute atomic E-state index is 12.7. The van der Waals surface area contributed by atoms with E-state index in [1.165, 1.54) is 5.56 Å². The lowest BCUT2D eigenvalue weighted by molar-refractivity contribution is -0.135. The van der Waals surface area contributed by atoms with Crippen LogP contribution in [0.2, 0.25) is 0 Å². The smallest absolute Gasteiger partial charge is 0.224 e. The van der Waals surface area contributed by atoms with Crippen LogP contribution in [0.25, 0.3) is 0 Å². The van der Waals surface area contributed by atoms with Gasteiger partial charge in [-0.15, -0.1) is 0 Å². The summed E-state index contributed by atoms with van der Waals surface area (Å²) in [6.07, 6.45) is 0.871. The molecule has 1 aliphatic carbocycles. The molecular formula is C20H29NO2. The number of benzene rings is 1. The first-order chi connectivity index (χ1) is 10.5. The summed E-state index contributed by atoms with van der Waals surface area (Å²) in [5.74, 6) is 0.392. The molecule has 1 saturated carbocycles. The van der Waals surface area contributed by atoms with Crippen LogP contribution in [0, 0.1) is 16.7 Å². The SMILES string of the molecule is CC(C)(C)C(=O)[C@@H](NC(=O)C1CC1c1ccccc1)C(C)(C)C. The van der Waals surface area contributed by atoms with Crippen LogP contribution in [0.3, 0.4) is 0 Å². The van der Waals surface area contributed by atoms with Gasteiger partial charge in [0, 0.05) is 11.3 Å². The van der Waals surface area contributed by atoms with E-state index in [1.54, 1.807) is 0 Å². The number of hydrogen-bond donors (Lipinski definition) is 1. The van der Waals surface area contributed by atoms with Crippen LogP contribution in [0.15, 0.2) is 30.3 Å². The van der Waals surface area contributed by atoms with E-state index < -0.39 is 11.5 Å². The van der Waals surface area contributed by atoms with Gasteiger partial charge in [0.25, 0.3) is 0 Å². The van der Waals surface area contributed by atoms with Crippen LogP contribution >= 0.6 is 0 Å². The first kappa shape index (κ1) is 17.7. The lowest BCUT2D eigenvalue weighted by Gasteiger charge is -2.34. The van der Waals surface area contributed by atoms with Crippen molar-refractivity contribution in [3.63, 3.8) is 0 Å². The fourth-order valence-electron chi connectivity index (χ4n) is 2.91. The zero-order valence-corrected chi connectivity index (χ0v) is 15.1. The first-order valence-corrected chi connectivity index (χ1v) is 8.41. The van der Waals surface area contributed by atoms with Crippen LogP contribution < -0.4 is 5.32 Å². The highest BCUT2D eigenvalue weighted by atomic mass is 16.2. The van der Waals surface area contributed by atoms with Crippen LogP contribution in [-0.2, 0) is 9.59 Å². The van der Waals surface area contributed by atoms with Crippen molar-refractivity contribution < 1.29 is 9.59 Å². The average molecular weight is 315 g/mol. The van der Waals surface area contributed by atoms with Gasteiger partial charge in [-0.1, -0.05) is 71.9 Å². The molecule has 1 aromatic rings. The second-order valence-electron chi connectivity index (χ2n) is 8.78. The number of ketones is 1. The molecule has 0 saturated heterocycles. The van der Waals surface area contributed by atoms with Gasteiger partial charge in [0.2, 0.25) is 5.91 Å². The highest BCUT2D eigenvalue weighted by Gasteiger charge is 2.46. The van der Waals surface area contributed by atoms with E-state index in [0.29, 0.717) is 5.92 Å². The second kappa shape index (κ2) is 6.10. The van der Waals surface area contributed by atoms with Gasteiger partial charge in [0.05, 0.1) is 6.04 Å². The highest BCUT2D eigenvalue weighted by molar-refractivity contribution is 5.94. The summed E-state index contributed by atoms with van der Waals surface area (Å²) in [6, 6.07) is 9.68.